The second kappa shape index (κ2) is 6.80. The van der Waals surface area contributed by atoms with E-state index in [1.54, 1.807) is 17.0 Å². The number of likely N-dealkylation sites (tertiary alicyclic amines) is 1. The summed E-state index contributed by atoms with van der Waals surface area (Å²) in [6, 6.07) is 5.85. The summed E-state index contributed by atoms with van der Waals surface area (Å²) in [5, 5.41) is 0. The molecule has 0 unspecified atom stereocenters. The van der Waals surface area contributed by atoms with E-state index in [1.807, 2.05) is 0 Å². The molecule has 2 saturated heterocycles. The molecule has 0 radical (unpaired) electrons. The highest BCUT2D eigenvalue weighted by Gasteiger charge is 2.42. The third kappa shape index (κ3) is 3.95. The van der Waals surface area contributed by atoms with Gasteiger partial charge in [0.2, 0.25) is 5.91 Å². The third-order valence-corrected chi connectivity index (χ3v) is 6.74. The molecule has 2 fully saturated rings. The van der Waals surface area contributed by atoms with Gasteiger partial charge in [0, 0.05) is 19.1 Å². The predicted octanol–water partition coefficient (Wildman–Crippen LogP) is 0.979. The number of halogens is 1. The van der Waals surface area contributed by atoms with Gasteiger partial charge in [-0.15, -0.1) is 0 Å². The maximum Gasteiger partial charge on any atom is 0.228 e. The van der Waals surface area contributed by atoms with Crippen molar-refractivity contribution in [3.05, 3.63) is 35.6 Å². The van der Waals surface area contributed by atoms with E-state index in [2.05, 4.69) is 0 Å². The van der Waals surface area contributed by atoms with Crippen molar-refractivity contribution in [2.75, 3.05) is 24.6 Å². The molecule has 2 N–H and O–H groups in total. The van der Waals surface area contributed by atoms with Gasteiger partial charge in [-0.2, -0.15) is 0 Å². The van der Waals surface area contributed by atoms with E-state index in [0.717, 1.165) is 24.8 Å². The first-order valence-corrected chi connectivity index (χ1v) is 10.2. The highest BCUT2D eigenvalue weighted by Crippen LogP contribution is 2.25. The van der Waals surface area contributed by atoms with Crippen LogP contribution in [0.3, 0.4) is 0 Å². The summed E-state index contributed by atoms with van der Waals surface area (Å²) in [6.07, 6.45) is 2.70. The quantitative estimate of drug-likeness (QED) is 0.877. The number of hydrogen-bond acceptors (Lipinski definition) is 4. The van der Waals surface area contributed by atoms with Crippen molar-refractivity contribution in [1.82, 2.24) is 4.90 Å². The Kier molecular flexibility index (Phi) is 4.92. The maximum absolute atomic E-state index is 13.0. The van der Waals surface area contributed by atoms with E-state index in [9.17, 15) is 17.6 Å². The van der Waals surface area contributed by atoms with E-state index in [1.165, 1.54) is 12.1 Å². The van der Waals surface area contributed by atoms with Crippen LogP contribution in [0, 0.1) is 17.7 Å². The molecule has 132 valence electrons. The number of amides is 1. The number of carbonyl (C=O) groups is 1. The second-order valence-corrected chi connectivity index (χ2v) is 9.12. The highest BCUT2D eigenvalue weighted by atomic mass is 32.2. The zero-order chi connectivity index (χ0) is 17.3. The first-order valence-electron chi connectivity index (χ1n) is 8.33. The fraction of sp³-hybridized carbons (Fsp3) is 0.588. The van der Waals surface area contributed by atoms with Crippen LogP contribution in [0.1, 0.15) is 18.4 Å². The molecule has 0 saturated carbocycles. The molecule has 0 spiro atoms. The van der Waals surface area contributed by atoms with Gasteiger partial charge >= 0.3 is 0 Å². The molecule has 0 bridgehead atoms. The van der Waals surface area contributed by atoms with E-state index in [4.69, 9.17) is 5.73 Å². The molecule has 0 aliphatic carbocycles. The van der Waals surface area contributed by atoms with Gasteiger partial charge in [0.1, 0.15) is 5.82 Å². The number of rotatable bonds is 3. The molecule has 7 heteroatoms. The van der Waals surface area contributed by atoms with Gasteiger partial charge in [0.15, 0.2) is 9.84 Å². The number of carbonyl (C=O) groups excluding carboxylic acids is 1. The number of hydrogen-bond donors (Lipinski definition) is 1. The normalized spacial score (nSPS) is 29.6. The SMILES string of the molecule is N[C@@H]1CS(=O)(=O)C[C@H]1C(=O)N1CCC[C@@H](Cc2ccc(F)cc2)C1. The van der Waals surface area contributed by atoms with Crippen molar-refractivity contribution in [3.63, 3.8) is 0 Å². The van der Waals surface area contributed by atoms with Crippen molar-refractivity contribution < 1.29 is 17.6 Å². The molecule has 1 amide bonds. The van der Waals surface area contributed by atoms with Gasteiger partial charge in [0.05, 0.1) is 17.4 Å². The van der Waals surface area contributed by atoms with Crippen LogP contribution in [0.5, 0.6) is 0 Å². The van der Waals surface area contributed by atoms with Crippen LogP contribution in [0.2, 0.25) is 0 Å². The molecule has 24 heavy (non-hydrogen) atoms. The van der Waals surface area contributed by atoms with Crippen LogP contribution in [0.15, 0.2) is 24.3 Å². The Bertz CT molecular complexity index is 705. The van der Waals surface area contributed by atoms with Crippen LogP contribution < -0.4 is 5.73 Å². The number of nitrogens with two attached hydrogens (primary N) is 1. The van der Waals surface area contributed by atoms with Crippen molar-refractivity contribution in [1.29, 1.82) is 0 Å². The molecule has 1 aromatic rings. The fourth-order valence-corrected chi connectivity index (χ4v) is 5.64. The first-order chi connectivity index (χ1) is 11.3. The minimum absolute atomic E-state index is 0.101. The van der Waals surface area contributed by atoms with Gasteiger partial charge in [-0.25, -0.2) is 12.8 Å². The van der Waals surface area contributed by atoms with E-state index >= 15 is 0 Å². The van der Waals surface area contributed by atoms with Crippen LogP contribution in [0.25, 0.3) is 0 Å². The first kappa shape index (κ1) is 17.4. The molecule has 2 aliphatic heterocycles. The van der Waals surface area contributed by atoms with Gasteiger partial charge in [0.25, 0.3) is 0 Å². The lowest BCUT2D eigenvalue weighted by Crippen LogP contribution is -2.47. The van der Waals surface area contributed by atoms with Crippen molar-refractivity contribution in [3.8, 4) is 0 Å². The van der Waals surface area contributed by atoms with Gasteiger partial charge in [-0.1, -0.05) is 12.1 Å². The Hall–Kier alpha value is -1.47. The van der Waals surface area contributed by atoms with E-state index in [-0.39, 0.29) is 23.2 Å². The summed E-state index contributed by atoms with van der Waals surface area (Å²) in [7, 11) is -3.20. The maximum atomic E-state index is 13.0. The van der Waals surface area contributed by atoms with Crippen LogP contribution in [-0.4, -0.2) is 49.9 Å². The number of sulfone groups is 1. The average molecular weight is 354 g/mol. The number of piperidine rings is 1. The Morgan fingerprint density at radius 2 is 1.96 bits per heavy atom. The highest BCUT2D eigenvalue weighted by molar-refractivity contribution is 7.91. The summed E-state index contributed by atoms with van der Waals surface area (Å²) in [6.45, 7) is 1.27. The van der Waals surface area contributed by atoms with Crippen LogP contribution in [0.4, 0.5) is 4.39 Å². The Morgan fingerprint density at radius 1 is 1.25 bits per heavy atom. The molecule has 2 aliphatic rings. The Labute approximate surface area is 141 Å². The second-order valence-electron chi connectivity index (χ2n) is 6.97. The molecule has 1 aromatic carbocycles. The summed E-state index contributed by atoms with van der Waals surface area (Å²) >= 11 is 0. The van der Waals surface area contributed by atoms with Crippen molar-refractivity contribution in [2.45, 2.75) is 25.3 Å². The molecule has 3 atom stereocenters. The van der Waals surface area contributed by atoms with Gasteiger partial charge in [-0.05, 0) is 42.9 Å². The minimum Gasteiger partial charge on any atom is -0.342 e. The van der Waals surface area contributed by atoms with E-state index in [0.29, 0.717) is 19.0 Å². The van der Waals surface area contributed by atoms with Crippen molar-refractivity contribution >= 4 is 15.7 Å². The van der Waals surface area contributed by atoms with Crippen LogP contribution in [-0.2, 0) is 21.1 Å². The average Bonchev–Trinajstić information content (AvgIpc) is 2.82. The summed E-state index contributed by atoms with van der Waals surface area (Å²) in [5.74, 6) is -0.924. The topological polar surface area (TPSA) is 80.5 Å². The summed E-state index contributed by atoms with van der Waals surface area (Å²) in [5.41, 5.74) is 6.92. The van der Waals surface area contributed by atoms with E-state index < -0.39 is 21.8 Å². The zero-order valence-corrected chi connectivity index (χ0v) is 14.3. The van der Waals surface area contributed by atoms with Gasteiger partial charge in [-0.3, -0.25) is 4.79 Å². The summed E-state index contributed by atoms with van der Waals surface area (Å²) < 4.78 is 36.4. The third-order valence-electron chi connectivity index (χ3n) is 4.98. The molecule has 0 aromatic heterocycles. The molecule has 2 heterocycles. The monoisotopic (exact) mass is 354 g/mol. The minimum atomic E-state index is -3.20. The molecular weight excluding hydrogens is 331 g/mol. The Balaban J connectivity index is 1.63. The predicted molar refractivity (Wildman–Crippen MR) is 89.5 cm³/mol. The zero-order valence-electron chi connectivity index (χ0n) is 13.5. The van der Waals surface area contributed by atoms with Crippen molar-refractivity contribution in [2.24, 2.45) is 17.6 Å². The molecular formula is C17H23FN2O3S. The molecule has 5 nitrogen and oxygen atoms in total. The fourth-order valence-electron chi connectivity index (χ4n) is 3.75. The summed E-state index contributed by atoms with van der Waals surface area (Å²) in [4.78, 5) is 14.4. The van der Waals surface area contributed by atoms with Crippen LogP contribution >= 0.6 is 0 Å². The molecule has 3 rings (SSSR count). The number of benzene rings is 1. The smallest absolute Gasteiger partial charge is 0.228 e. The largest absolute Gasteiger partial charge is 0.342 e. The van der Waals surface area contributed by atoms with Gasteiger partial charge < -0.3 is 10.6 Å². The lowest BCUT2D eigenvalue weighted by atomic mass is 9.90. The lowest BCUT2D eigenvalue weighted by Gasteiger charge is -2.35. The Morgan fingerprint density at radius 3 is 2.58 bits per heavy atom. The lowest BCUT2D eigenvalue weighted by molar-refractivity contribution is -0.136. The number of nitrogens with zero attached hydrogens (tertiary/aromatic N) is 1. The standard InChI is InChI=1S/C17H23FN2O3S/c18-14-5-3-12(4-6-14)8-13-2-1-7-20(9-13)17(21)15-10-24(22,23)11-16(15)19/h3-6,13,15-16H,1-2,7-11,19H2/t13-,15+,16+/m0/s1.